The molecule has 2 amide bonds. The highest BCUT2D eigenvalue weighted by Crippen LogP contribution is 2.30. The molecule has 10 nitrogen and oxygen atoms in total. The highest BCUT2D eigenvalue weighted by Gasteiger charge is 2.33. The van der Waals surface area contributed by atoms with Crippen LogP contribution < -0.4 is 20.7 Å². The predicted octanol–water partition coefficient (Wildman–Crippen LogP) is 4.82. The first-order valence-corrected chi connectivity index (χ1v) is 15.2. The summed E-state index contributed by atoms with van der Waals surface area (Å²) in [5, 5.41) is 18.2. The van der Waals surface area contributed by atoms with Gasteiger partial charge in [-0.3, -0.25) is 9.78 Å². The van der Waals surface area contributed by atoms with E-state index in [2.05, 4.69) is 27.0 Å². The predicted molar refractivity (Wildman–Crippen MR) is 173 cm³/mol. The lowest BCUT2D eigenvalue weighted by molar-refractivity contribution is -0.118. The summed E-state index contributed by atoms with van der Waals surface area (Å²) in [6.45, 7) is 1.74. The third kappa shape index (κ3) is 8.69. The van der Waals surface area contributed by atoms with Gasteiger partial charge in [0.1, 0.15) is 24.5 Å². The van der Waals surface area contributed by atoms with Gasteiger partial charge in [0, 0.05) is 25.2 Å². The summed E-state index contributed by atoms with van der Waals surface area (Å²) in [7, 11) is 1.27. The number of benzene rings is 3. The van der Waals surface area contributed by atoms with E-state index in [0.29, 0.717) is 49.5 Å². The molecule has 236 valence electrons. The molecule has 0 saturated carbocycles. The smallest absolute Gasteiger partial charge is 0.407 e. The zero-order valence-corrected chi connectivity index (χ0v) is 25.6. The molecule has 1 aliphatic rings. The monoisotopic (exact) mass is 619 g/mol. The first kappa shape index (κ1) is 32.2. The fraction of sp³-hybridized carbons (Fsp3) is 0.278. The van der Waals surface area contributed by atoms with E-state index in [-0.39, 0.29) is 12.2 Å². The standard InChI is InChI=1S/C36H37N5O5/c1-44-36(43)41-34(33(27-8-4-2-5-9-27)28-10-6-3-7-11-28)35(42)40-32-23-38-19-18-26(32)14-17-30-21-39-22-31(46-30)24-45-29-15-12-25(20-37)13-16-29/h2-13,15-16,18-19,23,30-31,33-34,39H,14,17,21-22,24H2,1H3,(H,40,42)(H,41,43)/t30-,31+,34?/m1/s1. The normalized spacial score (nSPS) is 16.5. The van der Waals surface area contributed by atoms with Gasteiger partial charge in [0.25, 0.3) is 0 Å². The minimum absolute atomic E-state index is 0.0608. The van der Waals surface area contributed by atoms with Crippen LogP contribution in [-0.2, 0) is 20.7 Å². The average Bonchev–Trinajstić information content (AvgIpc) is 3.11. The van der Waals surface area contributed by atoms with Gasteiger partial charge in [-0.25, -0.2) is 4.79 Å². The molecule has 1 saturated heterocycles. The van der Waals surface area contributed by atoms with Gasteiger partial charge in [-0.2, -0.15) is 5.26 Å². The summed E-state index contributed by atoms with van der Waals surface area (Å²) < 4.78 is 17.1. The molecule has 1 unspecified atom stereocenters. The van der Waals surface area contributed by atoms with Crippen molar-refractivity contribution in [2.24, 2.45) is 0 Å². The molecule has 3 atom stereocenters. The number of methoxy groups -OCH3 is 1. The van der Waals surface area contributed by atoms with Gasteiger partial charge in [0.2, 0.25) is 5.91 Å². The number of carbonyl (C=O) groups excluding carboxylic acids is 2. The maximum Gasteiger partial charge on any atom is 0.407 e. The van der Waals surface area contributed by atoms with Crippen LogP contribution in [0.15, 0.2) is 103 Å². The molecule has 46 heavy (non-hydrogen) atoms. The van der Waals surface area contributed by atoms with Gasteiger partial charge in [-0.05, 0) is 59.9 Å². The molecule has 0 spiro atoms. The van der Waals surface area contributed by atoms with Crippen molar-refractivity contribution in [3.8, 4) is 11.8 Å². The largest absolute Gasteiger partial charge is 0.491 e. The van der Waals surface area contributed by atoms with Crippen molar-refractivity contribution in [3.05, 3.63) is 126 Å². The second-order valence-corrected chi connectivity index (χ2v) is 11.0. The fourth-order valence-electron chi connectivity index (χ4n) is 5.52. The van der Waals surface area contributed by atoms with E-state index in [0.717, 1.165) is 16.7 Å². The van der Waals surface area contributed by atoms with E-state index in [4.69, 9.17) is 19.5 Å². The summed E-state index contributed by atoms with van der Waals surface area (Å²) in [6.07, 6.45) is 3.75. The van der Waals surface area contributed by atoms with Gasteiger partial charge >= 0.3 is 6.09 Å². The van der Waals surface area contributed by atoms with E-state index in [1.165, 1.54) is 7.11 Å². The summed E-state index contributed by atoms with van der Waals surface area (Å²) in [4.78, 5) is 30.8. The molecular formula is C36H37N5O5. The van der Waals surface area contributed by atoms with Crippen LogP contribution in [-0.4, -0.2) is 62.0 Å². The molecule has 2 heterocycles. The van der Waals surface area contributed by atoms with Crippen molar-refractivity contribution in [2.45, 2.75) is 37.0 Å². The van der Waals surface area contributed by atoms with Crippen LogP contribution in [0.25, 0.3) is 0 Å². The van der Waals surface area contributed by atoms with Crippen LogP contribution >= 0.6 is 0 Å². The van der Waals surface area contributed by atoms with Crippen LogP contribution in [0.4, 0.5) is 10.5 Å². The number of pyridine rings is 1. The number of carbonyl (C=O) groups is 2. The van der Waals surface area contributed by atoms with Crippen LogP contribution in [0.3, 0.4) is 0 Å². The number of rotatable bonds is 12. The van der Waals surface area contributed by atoms with Gasteiger partial charge in [0.05, 0.1) is 36.7 Å². The minimum atomic E-state index is -0.979. The van der Waals surface area contributed by atoms with Crippen molar-refractivity contribution in [2.75, 3.05) is 32.1 Å². The quantitative estimate of drug-likeness (QED) is 0.206. The van der Waals surface area contributed by atoms with Crippen LogP contribution in [0.1, 0.15) is 34.6 Å². The molecule has 3 N–H and O–H groups in total. The van der Waals surface area contributed by atoms with E-state index in [1.54, 1.807) is 36.7 Å². The number of morpholine rings is 1. The first-order chi connectivity index (χ1) is 22.5. The Bertz CT molecular complexity index is 1570. The number of hydrogen-bond acceptors (Lipinski definition) is 8. The Balaban J connectivity index is 1.26. The summed E-state index contributed by atoms with van der Waals surface area (Å²) in [5.41, 5.74) is 3.79. The molecule has 0 bridgehead atoms. The maximum absolute atomic E-state index is 14.0. The lowest BCUT2D eigenvalue weighted by Crippen LogP contribution is -2.48. The zero-order chi connectivity index (χ0) is 32.1. The Morgan fingerprint density at radius 1 is 0.978 bits per heavy atom. The first-order valence-electron chi connectivity index (χ1n) is 15.2. The highest BCUT2D eigenvalue weighted by atomic mass is 16.5. The lowest BCUT2D eigenvalue weighted by Gasteiger charge is -2.31. The highest BCUT2D eigenvalue weighted by molar-refractivity contribution is 5.98. The Labute approximate surface area is 268 Å². The number of nitrogens with zero attached hydrogens (tertiary/aromatic N) is 2. The summed E-state index contributed by atoms with van der Waals surface area (Å²) >= 11 is 0. The fourth-order valence-corrected chi connectivity index (χ4v) is 5.52. The van der Waals surface area contributed by atoms with Crippen molar-refractivity contribution in [3.63, 3.8) is 0 Å². The van der Waals surface area contributed by atoms with Crippen molar-refractivity contribution in [1.82, 2.24) is 15.6 Å². The van der Waals surface area contributed by atoms with E-state index >= 15 is 0 Å². The number of nitrogens with one attached hydrogen (secondary N) is 3. The SMILES string of the molecule is COC(=O)NC(C(=O)Nc1cnccc1CC[C@@H]1CNC[C@@H](COc2ccc(C#N)cc2)O1)C(c1ccccc1)c1ccccc1. The number of nitriles is 1. The number of aryl methyl sites for hydroxylation is 1. The Morgan fingerprint density at radius 3 is 2.30 bits per heavy atom. The molecule has 4 aromatic rings. The van der Waals surface area contributed by atoms with Gasteiger partial charge < -0.3 is 30.2 Å². The maximum atomic E-state index is 14.0. The van der Waals surface area contributed by atoms with Crippen molar-refractivity contribution in [1.29, 1.82) is 5.26 Å². The second-order valence-electron chi connectivity index (χ2n) is 11.0. The molecular weight excluding hydrogens is 582 g/mol. The number of anilines is 1. The van der Waals surface area contributed by atoms with Gasteiger partial charge in [-0.15, -0.1) is 0 Å². The number of alkyl carbamates (subject to hydrolysis) is 1. The Hall–Kier alpha value is -5.24. The summed E-state index contributed by atoms with van der Waals surface area (Å²) in [5.74, 6) is -0.191. The van der Waals surface area contributed by atoms with Crippen LogP contribution in [0.2, 0.25) is 0 Å². The van der Waals surface area contributed by atoms with E-state index in [1.807, 2.05) is 66.7 Å². The molecule has 1 aromatic heterocycles. The van der Waals surface area contributed by atoms with Crippen molar-refractivity contribution >= 4 is 17.7 Å². The molecule has 5 rings (SSSR count). The Morgan fingerprint density at radius 2 is 1.65 bits per heavy atom. The number of amides is 2. The molecule has 0 radical (unpaired) electrons. The van der Waals surface area contributed by atoms with Gasteiger partial charge in [0.15, 0.2) is 0 Å². The molecule has 1 aliphatic heterocycles. The molecule has 10 heteroatoms. The van der Waals surface area contributed by atoms with E-state index < -0.39 is 24.0 Å². The van der Waals surface area contributed by atoms with Crippen LogP contribution in [0, 0.1) is 11.3 Å². The van der Waals surface area contributed by atoms with Gasteiger partial charge in [-0.1, -0.05) is 60.7 Å². The van der Waals surface area contributed by atoms with E-state index in [9.17, 15) is 9.59 Å². The number of hydrogen-bond donors (Lipinski definition) is 3. The minimum Gasteiger partial charge on any atom is -0.491 e. The molecule has 0 aliphatic carbocycles. The second kappa shape index (κ2) is 16.2. The number of aromatic nitrogens is 1. The molecule has 1 fully saturated rings. The average molecular weight is 620 g/mol. The lowest BCUT2D eigenvalue weighted by atomic mass is 9.84. The van der Waals surface area contributed by atoms with Crippen LogP contribution in [0.5, 0.6) is 5.75 Å². The number of ether oxygens (including phenoxy) is 3. The zero-order valence-electron chi connectivity index (χ0n) is 25.6. The van der Waals surface area contributed by atoms with Crippen molar-refractivity contribution < 1.29 is 23.8 Å². The molecule has 3 aromatic carbocycles. The summed E-state index contributed by atoms with van der Waals surface area (Å²) in [6, 6.07) is 29.2. The third-order valence-electron chi connectivity index (χ3n) is 7.85. The Kier molecular flexibility index (Phi) is 11.3. The topological polar surface area (TPSA) is 135 Å². The third-order valence-corrected chi connectivity index (χ3v) is 7.85.